The van der Waals surface area contributed by atoms with Gasteiger partial charge in [-0.25, -0.2) is 17.9 Å². The van der Waals surface area contributed by atoms with Crippen LogP contribution in [0.2, 0.25) is 0 Å². The number of benzene rings is 1. The maximum atomic E-state index is 12.2. The van der Waals surface area contributed by atoms with Gasteiger partial charge in [0.1, 0.15) is 5.76 Å². The van der Waals surface area contributed by atoms with Gasteiger partial charge in [-0.1, -0.05) is 6.92 Å². The summed E-state index contributed by atoms with van der Waals surface area (Å²) in [7, 11) is -3.65. The van der Waals surface area contributed by atoms with Crippen molar-refractivity contribution in [2.24, 2.45) is 0 Å². The molecular formula is C19H24N2O6S. The molecule has 0 fully saturated rings. The van der Waals surface area contributed by atoms with Crippen molar-refractivity contribution in [3.8, 4) is 0 Å². The number of amides is 1. The second-order valence-corrected chi connectivity index (χ2v) is 8.01. The first kappa shape index (κ1) is 21.6. The molecule has 0 radical (unpaired) electrons. The first-order valence-corrected chi connectivity index (χ1v) is 10.3. The van der Waals surface area contributed by atoms with E-state index in [9.17, 15) is 18.0 Å². The molecule has 2 rings (SSSR count). The Balaban J connectivity index is 1.94. The van der Waals surface area contributed by atoms with E-state index in [1.54, 1.807) is 19.1 Å². The van der Waals surface area contributed by atoms with Gasteiger partial charge >= 0.3 is 5.97 Å². The summed E-state index contributed by atoms with van der Waals surface area (Å²) in [4.78, 5) is 24.2. The Kier molecular flexibility index (Phi) is 7.36. The number of hydrogen-bond acceptors (Lipinski definition) is 6. The van der Waals surface area contributed by atoms with Gasteiger partial charge in [-0.2, -0.15) is 0 Å². The van der Waals surface area contributed by atoms with E-state index in [-0.39, 0.29) is 23.0 Å². The SMILES string of the molecule is CCC(C)NS(=O)(=O)c1ccc(C(=O)OC(C)C(=O)NCc2ccco2)cc1. The molecule has 1 amide bonds. The van der Waals surface area contributed by atoms with E-state index < -0.39 is 28.0 Å². The monoisotopic (exact) mass is 408 g/mol. The molecule has 2 N–H and O–H groups in total. The second-order valence-electron chi connectivity index (χ2n) is 6.30. The zero-order chi connectivity index (χ0) is 20.7. The van der Waals surface area contributed by atoms with Gasteiger partial charge < -0.3 is 14.5 Å². The molecule has 0 aliphatic heterocycles. The summed E-state index contributed by atoms with van der Waals surface area (Å²) < 4.78 is 37.2. The van der Waals surface area contributed by atoms with Crippen LogP contribution in [0, 0.1) is 0 Å². The van der Waals surface area contributed by atoms with Crippen molar-refractivity contribution in [1.82, 2.24) is 10.0 Å². The molecular weight excluding hydrogens is 384 g/mol. The number of ether oxygens (including phenoxy) is 1. The highest BCUT2D eigenvalue weighted by atomic mass is 32.2. The van der Waals surface area contributed by atoms with E-state index in [2.05, 4.69) is 10.0 Å². The number of furan rings is 1. The van der Waals surface area contributed by atoms with Crippen LogP contribution < -0.4 is 10.0 Å². The lowest BCUT2D eigenvalue weighted by Gasteiger charge is -2.14. The fourth-order valence-electron chi connectivity index (χ4n) is 2.20. The Morgan fingerprint density at radius 3 is 2.39 bits per heavy atom. The summed E-state index contributed by atoms with van der Waals surface area (Å²) in [6.07, 6.45) is 1.13. The quantitative estimate of drug-likeness (QED) is 0.615. The fourth-order valence-corrected chi connectivity index (χ4v) is 3.53. The number of nitrogens with one attached hydrogen (secondary N) is 2. The molecule has 2 unspecified atom stereocenters. The molecule has 9 heteroatoms. The van der Waals surface area contributed by atoms with Gasteiger partial charge in [0.25, 0.3) is 5.91 Å². The average molecular weight is 408 g/mol. The van der Waals surface area contributed by atoms with Gasteiger partial charge in [-0.3, -0.25) is 4.79 Å². The summed E-state index contributed by atoms with van der Waals surface area (Å²) in [6, 6.07) is 8.55. The zero-order valence-corrected chi connectivity index (χ0v) is 16.8. The molecule has 0 aliphatic rings. The number of sulfonamides is 1. The van der Waals surface area contributed by atoms with Crippen LogP contribution in [-0.2, 0) is 26.1 Å². The van der Waals surface area contributed by atoms with Crippen LogP contribution in [0.25, 0.3) is 0 Å². The summed E-state index contributed by atoms with van der Waals surface area (Å²) in [5.41, 5.74) is 0.146. The predicted octanol–water partition coefficient (Wildman–Crippen LogP) is 2.22. The smallest absolute Gasteiger partial charge is 0.338 e. The van der Waals surface area contributed by atoms with Crippen LogP contribution >= 0.6 is 0 Å². The summed E-state index contributed by atoms with van der Waals surface area (Å²) >= 11 is 0. The van der Waals surface area contributed by atoms with Crippen molar-refractivity contribution in [3.05, 3.63) is 54.0 Å². The molecule has 0 saturated heterocycles. The first-order valence-electron chi connectivity index (χ1n) is 8.86. The van der Waals surface area contributed by atoms with Gasteiger partial charge in [0.15, 0.2) is 6.10 Å². The van der Waals surface area contributed by atoms with Crippen molar-refractivity contribution >= 4 is 21.9 Å². The second kappa shape index (κ2) is 9.52. The molecule has 0 saturated carbocycles. The third-order valence-corrected chi connectivity index (χ3v) is 5.64. The standard InChI is InChI=1S/C19H24N2O6S/c1-4-13(2)21-28(24,25)17-9-7-15(8-10-17)19(23)27-14(3)18(22)20-12-16-6-5-11-26-16/h5-11,13-14,21H,4,12H2,1-3H3,(H,20,22). The zero-order valence-electron chi connectivity index (χ0n) is 16.0. The van der Waals surface area contributed by atoms with Gasteiger partial charge in [0.05, 0.1) is 23.3 Å². The van der Waals surface area contributed by atoms with E-state index in [0.717, 1.165) is 0 Å². The van der Waals surface area contributed by atoms with E-state index in [4.69, 9.17) is 9.15 Å². The molecule has 1 heterocycles. The largest absolute Gasteiger partial charge is 0.467 e. The summed E-state index contributed by atoms with van der Waals surface area (Å²) in [5, 5.41) is 2.60. The molecule has 2 atom stereocenters. The Labute approximate surface area is 164 Å². The van der Waals surface area contributed by atoms with Crippen LogP contribution in [-0.4, -0.2) is 32.4 Å². The number of esters is 1. The van der Waals surface area contributed by atoms with Crippen molar-refractivity contribution in [2.75, 3.05) is 0 Å². The van der Waals surface area contributed by atoms with Crippen LogP contribution in [0.15, 0.2) is 52.0 Å². The lowest BCUT2D eigenvalue weighted by Crippen LogP contribution is -2.35. The normalized spacial score (nSPS) is 13.5. The van der Waals surface area contributed by atoms with E-state index in [0.29, 0.717) is 12.2 Å². The van der Waals surface area contributed by atoms with Gasteiger partial charge in [0, 0.05) is 6.04 Å². The Hall–Kier alpha value is -2.65. The molecule has 8 nitrogen and oxygen atoms in total. The lowest BCUT2D eigenvalue weighted by molar-refractivity contribution is -0.129. The van der Waals surface area contributed by atoms with E-state index in [1.165, 1.54) is 37.5 Å². The van der Waals surface area contributed by atoms with Gasteiger partial charge in [0.2, 0.25) is 10.0 Å². The fraction of sp³-hybridized carbons (Fsp3) is 0.368. The minimum atomic E-state index is -3.65. The number of hydrogen-bond donors (Lipinski definition) is 2. The van der Waals surface area contributed by atoms with E-state index >= 15 is 0 Å². The third kappa shape index (κ3) is 5.93. The number of rotatable bonds is 9. The molecule has 0 aliphatic carbocycles. The van der Waals surface area contributed by atoms with Crippen molar-refractivity contribution in [2.45, 2.75) is 50.8 Å². The summed E-state index contributed by atoms with van der Waals surface area (Å²) in [5.74, 6) is -0.615. The molecule has 28 heavy (non-hydrogen) atoms. The molecule has 0 bridgehead atoms. The van der Waals surface area contributed by atoms with Crippen LogP contribution in [0.5, 0.6) is 0 Å². The van der Waals surface area contributed by atoms with Gasteiger partial charge in [-0.15, -0.1) is 0 Å². The highest BCUT2D eigenvalue weighted by Crippen LogP contribution is 2.13. The lowest BCUT2D eigenvalue weighted by atomic mass is 10.2. The molecule has 152 valence electrons. The molecule has 2 aromatic rings. The minimum absolute atomic E-state index is 0.0496. The molecule has 1 aromatic carbocycles. The Bertz CT molecular complexity index is 891. The first-order chi connectivity index (χ1) is 13.2. The van der Waals surface area contributed by atoms with Crippen LogP contribution in [0.1, 0.15) is 43.3 Å². The minimum Gasteiger partial charge on any atom is -0.467 e. The maximum absolute atomic E-state index is 12.2. The summed E-state index contributed by atoms with van der Waals surface area (Å²) in [6.45, 7) is 5.27. The third-order valence-electron chi connectivity index (χ3n) is 4.04. The topological polar surface area (TPSA) is 115 Å². The average Bonchev–Trinajstić information content (AvgIpc) is 3.19. The number of carbonyl (C=O) groups is 2. The molecule has 1 aromatic heterocycles. The van der Waals surface area contributed by atoms with E-state index in [1.807, 2.05) is 6.92 Å². The number of carbonyl (C=O) groups excluding carboxylic acids is 2. The predicted molar refractivity (Wildman–Crippen MR) is 102 cm³/mol. The maximum Gasteiger partial charge on any atom is 0.338 e. The van der Waals surface area contributed by atoms with Gasteiger partial charge in [-0.05, 0) is 56.7 Å². The highest BCUT2D eigenvalue weighted by molar-refractivity contribution is 7.89. The van der Waals surface area contributed by atoms with Crippen LogP contribution in [0.4, 0.5) is 0 Å². The van der Waals surface area contributed by atoms with Crippen molar-refractivity contribution < 1.29 is 27.2 Å². The Morgan fingerprint density at radius 2 is 1.82 bits per heavy atom. The van der Waals surface area contributed by atoms with Crippen LogP contribution in [0.3, 0.4) is 0 Å². The molecule has 0 spiro atoms. The highest BCUT2D eigenvalue weighted by Gasteiger charge is 2.21. The Morgan fingerprint density at radius 1 is 1.14 bits per heavy atom. The van der Waals surface area contributed by atoms with Crippen molar-refractivity contribution in [1.29, 1.82) is 0 Å². The van der Waals surface area contributed by atoms with Crippen molar-refractivity contribution in [3.63, 3.8) is 0 Å².